The van der Waals surface area contributed by atoms with Crippen molar-refractivity contribution in [1.82, 2.24) is 25.9 Å². The Kier molecular flexibility index (Phi) is 4.87. The Hall–Kier alpha value is -2.41. The zero-order valence-electron chi connectivity index (χ0n) is 12.7. The maximum absolute atomic E-state index is 12.1. The van der Waals surface area contributed by atoms with Crippen LogP contribution in [0.4, 0.5) is 0 Å². The molecule has 0 bridgehead atoms. The summed E-state index contributed by atoms with van der Waals surface area (Å²) in [6, 6.07) is 10.0. The number of para-hydroxylation sites is 1. The molecule has 1 saturated carbocycles. The lowest BCUT2D eigenvalue weighted by Gasteiger charge is -2.15. The highest BCUT2D eigenvalue weighted by Gasteiger charge is 2.16. The molecule has 0 aliphatic heterocycles. The van der Waals surface area contributed by atoms with Gasteiger partial charge in [0.15, 0.2) is 5.11 Å². The predicted octanol–water partition coefficient (Wildman–Crippen LogP) is 1.92. The van der Waals surface area contributed by atoms with Crippen LogP contribution in [0.5, 0.6) is 0 Å². The van der Waals surface area contributed by atoms with Gasteiger partial charge in [0.2, 0.25) is 0 Å². The molecule has 0 saturated heterocycles. The molecule has 0 atom stereocenters. The molecule has 0 unspecified atom stereocenters. The smallest absolute Gasteiger partial charge is 0.272 e. The second kappa shape index (κ2) is 7.23. The van der Waals surface area contributed by atoms with Crippen molar-refractivity contribution < 1.29 is 4.79 Å². The van der Waals surface area contributed by atoms with E-state index in [9.17, 15) is 4.79 Å². The van der Waals surface area contributed by atoms with Gasteiger partial charge < -0.3 is 5.32 Å². The highest BCUT2D eigenvalue weighted by molar-refractivity contribution is 7.80. The van der Waals surface area contributed by atoms with Gasteiger partial charge in [0.25, 0.3) is 5.91 Å². The van der Waals surface area contributed by atoms with Crippen molar-refractivity contribution in [3.63, 3.8) is 0 Å². The Labute approximate surface area is 140 Å². The normalized spacial score (nSPS) is 14.4. The zero-order chi connectivity index (χ0) is 16.1. The lowest BCUT2D eigenvalue weighted by atomic mass is 10.3. The lowest BCUT2D eigenvalue weighted by molar-refractivity contribution is 0.0943. The first-order valence-corrected chi connectivity index (χ1v) is 8.10. The number of nitrogens with one attached hydrogen (secondary N) is 3. The first-order valence-electron chi connectivity index (χ1n) is 7.69. The van der Waals surface area contributed by atoms with Crippen molar-refractivity contribution in [2.24, 2.45) is 0 Å². The summed E-state index contributed by atoms with van der Waals surface area (Å²) in [5.74, 6) is -0.275. The maximum atomic E-state index is 12.1. The summed E-state index contributed by atoms with van der Waals surface area (Å²) in [6.07, 6.45) is 7.91. The monoisotopic (exact) mass is 329 g/mol. The van der Waals surface area contributed by atoms with Crippen LogP contribution in [0.2, 0.25) is 0 Å². The quantitative estimate of drug-likeness (QED) is 0.593. The van der Waals surface area contributed by atoms with Crippen LogP contribution in [0.15, 0.2) is 42.7 Å². The minimum Gasteiger partial charge on any atom is -0.359 e. The number of thiocarbonyl (C=S) groups is 1. The van der Waals surface area contributed by atoms with E-state index in [1.807, 2.05) is 30.3 Å². The molecule has 1 aromatic carbocycles. The average molecular weight is 329 g/mol. The van der Waals surface area contributed by atoms with Crippen LogP contribution in [0.3, 0.4) is 0 Å². The van der Waals surface area contributed by atoms with Crippen LogP contribution in [-0.4, -0.2) is 26.8 Å². The lowest BCUT2D eigenvalue weighted by Crippen LogP contribution is -2.49. The van der Waals surface area contributed by atoms with Crippen molar-refractivity contribution in [2.45, 2.75) is 31.7 Å². The second-order valence-electron chi connectivity index (χ2n) is 5.54. The summed E-state index contributed by atoms with van der Waals surface area (Å²) in [6.45, 7) is 0. The van der Waals surface area contributed by atoms with Gasteiger partial charge in [-0.05, 0) is 37.2 Å². The average Bonchev–Trinajstić information content (AvgIpc) is 3.25. The third-order valence-corrected chi connectivity index (χ3v) is 4.07. The largest absolute Gasteiger partial charge is 0.359 e. The number of rotatable bonds is 3. The fourth-order valence-corrected chi connectivity index (χ4v) is 2.86. The molecule has 2 aromatic rings. The van der Waals surface area contributed by atoms with Gasteiger partial charge in [-0.2, -0.15) is 5.10 Å². The molecule has 0 spiro atoms. The van der Waals surface area contributed by atoms with E-state index >= 15 is 0 Å². The van der Waals surface area contributed by atoms with Gasteiger partial charge >= 0.3 is 0 Å². The maximum Gasteiger partial charge on any atom is 0.272 e. The summed E-state index contributed by atoms with van der Waals surface area (Å²) in [5, 5.41) is 7.84. The fourth-order valence-electron chi connectivity index (χ4n) is 2.64. The molecule has 120 valence electrons. The van der Waals surface area contributed by atoms with Gasteiger partial charge in [-0.25, -0.2) is 4.68 Å². The number of hydrazine groups is 1. The Bertz CT molecular complexity index is 679. The third-order valence-electron chi connectivity index (χ3n) is 3.85. The van der Waals surface area contributed by atoms with E-state index < -0.39 is 0 Å². The number of nitrogens with zero attached hydrogens (tertiary/aromatic N) is 2. The van der Waals surface area contributed by atoms with Crippen molar-refractivity contribution in [1.29, 1.82) is 0 Å². The summed E-state index contributed by atoms with van der Waals surface area (Å²) < 4.78 is 1.66. The fraction of sp³-hybridized carbons (Fsp3) is 0.312. The van der Waals surface area contributed by atoms with Gasteiger partial charge in [0.1, 0.15) is 0 Å². The van der Waals surface area contributed by atoms with Crippen LogP contribution in [0, 0.1) is 0 Å². The van der Waals surface area contributed by atoms with Gasteiger partial charge in [-0.15, -0.1) is 0 Å². The molecule has 1 aliphatic carbocycles. The summed E-state index contributed by atoms with van der Waals surface area (Å²) >= 11 is 5.18. The highest BCUT2D eigenvalue weighted by Crippen LogP contribution is 2.17. The number of amides is 1. The number of benzene rings is 1. The first-order chi connectivity index (χ1) is 11.2. The van der Waals surface area contributed by atoms with Gasteiger partial charge in [-0.3, -0.25) is 15.6 Å². The molecule has 3 rings (SSSR count). The molecule has 3 N–H and O–H groups in total. The summed E-state index contributed by atoms with van der Waals surface area (Å²) in [5.41, 5.74) is 6.70. The first kappa shape index (κ1) is 15.5. The molecule has 6 nitrogen and oxygen atoms in total. The van der Waals surface area contributed by atoms with Crippen LogP contribution >= 0.6 is 12.2 Å². The zero-order valence-corrected chi connectivity index (χ0v) is 13.5. The molecule has 1 fully saturated rings. The Morgan fingerprint density at radius 1 is 1.17 bits per heavy atom. The Balaban J connectivity index is 1.52. The molecule has 7 heteroatoms. The number of hydrogen-bond acceptors (Lipinski definition) is 3. The van der Waals surface area contributed by atoms with E-state index in [2.05, 4.69) is 21.3 Å². The van der Waals surface area contributed by atoms with Crippen molar-refractivity contribution in [3.8, 4) is 5.69 Å². The summed E-state index contributed by atoms with van der Waals surface area (Å²) in [7, 11) is 0. The van der Waals surface area contributed by atoms with E-state index in [4.69, 9.17) is 12.2 Å². The molecular weight excluding hydrogens is 310 g/mol. The van der Waals surface area contributed by atoms with Crippen LogP contribution in [0.1, 0.15) is 36.0 Å². The number of hydrogen-bond donors (Lipinski definition) is 3. The van der Waals surface area contributed by atoms with Gasteiger partial charge in [0.05, 0.1) is 17.4 Å². The molecule has 1 amide bonds. The second-order valence-corrected chi connectivity index (χ2v) is 5.95. The molecule has 0 radical (unpaired) electrons. The van der Waals surface area contributed by atoms with Crippen LogP contribution < -0.4 is 16.2 Å². The van der Waals surface area contributed by atoms with Gasteiger partial charge in [0, 0.05) is 12.2 Å². The van der Waals surface area contributed by atoms with E-state index in [0.717, 1.165) is 18.5 Å². The predicted molar refractivity (Wildman–Crippen MR) is 92.2 cm³/mol. The van der Waals surface area contributed by atoms with E-state index in [0.29, 0.717) is 16.7 Å². The highest BCUT2D eigenvalue weighted by atomic mass is 32.1. The van der Waals surface area contributed by atoms with Gasteiger partial charge in [-0.1, -0.05) is 31.0 Å². The van der Waals surface area contributed by atoms with Crippen molar-refractivity contribution >= 4 is 23.2 Å². The van der Waals surface area contributed by atoms with Crippen LogP contribution in [0.25, 0.3) is 5.69 Å². The van der Waals surface area contributed by atoms with E-state index in [-0.39, 0.29) is 5.91 Å². The number of carbonyl (C=O) groups is 1. The molecule has 1 aliphatic rings. The Morgan fingerprint density at radius 2 is 1.91 bits per heavy atom. The van der Waals surface area contributed by atoms with Crippen molar-refractivity contribution in [3.05, 3.63) is 48.3 Å². The molecule has 23 heavy (non-hydrogen) atoms. The third kappa shape index (κ3) is 4.07. The SMILES string of the molecule is O=C(NNC(=S)NC1CCCC1)c1cnn(-c2ccccc2)c1. The van der Waals surface area contributed by atoms with Crippen molar-refractivity contribution in [2.75, 3.05) is 0 Å². The number of aromatic nitrogens is 2. The van der Waals surface area contributed by atoms with E-state index in [1.165, 1.54) is 19.0 Å². The standard InChI is InChI=1S/C16H19N5OS/c22-15(19-20-16(23)18-13-6-4-5-7-13)12-10-17-21(11-12)14-8-2-1-3-9-14/h1-3,8-11,13H,4-7H2,(H,19,22)(H2,18,20,23). The minimum absolute atomic E-state index is 0.275. The van der Waals surface area contributed by atoms with Crippen LogP contribution in [-0.2, 0) is 0 Å². The number of carbonyl (C=O) groups excluding carboxylic acids is 1. The molecule has 1 heterocycles. The van der Waals surface area contributed by atoms with E-state index in [1.54, 1.807) is 10.9 Å². The topological polar surface area (TPSA) is 71.0 Å². The molecular formula is C16H19N5OS. The molecule has 1 aromatic heterocycles. The minimum atomic E-state index is -0.275. The Morgan fingerprint density at radius 3 is 2.65 bits per heavy atom. The summed E-state index contributed by atoms with van der Waals surface area (Å²) in [4.78, 5) is 12.1.